The van der Waals surface area contributed by atoms with Crippen LogP contribution < -0.4 is 4.74 Å². The molecular formula is C18H25ClO. The summed E-state index contributed by atoms with van der Waals surface area (Å²) in [5.74, 6) is 1.64. The summed E-state index contributed by atoms with van der Waals surface area (Å²) < 4.78 is 6.43. The van der Waals surface area contributed by atoms with Crippen molar-refractivity contribution in [3.63, 3.8) is 0 Å². The first-order chi connectivity index (χ1) is 9.67. The molecule has 2 heteroatoms. The highest BCUT2D eigenvalue weighted by Crippen LogP contribution is 2.57. The van der Waals surface area contributed by atoms with E-state index in [1.807, 2.05) is 0 Å². The van der Waals surface area contributed by atoms with Crippen LogP contribution in [0.15, 0.2) is 24.3 Å². The first-order valence-corrected chi connectivity index (χ1v) is 8.50. The molecule has 0 bridgehead atoms. The molecule has 2 aliphatic carbocycles. The average molecular weight is 293 g/mol. The van der Waals surface area contributed by atoms with Crippen LogP contribution in [0, 0.1) is 5.41 Å². The zero-order chi connectivity index (χ0) is 14.2. The van der Waals surface area contributed by atoms with Gasteiger partial charge in [-0.3, -0.25) is 0 Å². The highest BCUT2D eigenvalue weighted by Gasteiger charge is 2.57. The lowest BCUT2D eigenvalue weighted by Gasteiger charge is -2.51. The third kappa shape index (κ3) is 2.24. The van der Waals surface area contributed by atoms with Crippen LogP contribution >= 0.6 is 11.6 Å². The summed E-state index contributed by atoms with van der Waals surface area (Å²) in [6.45, 7) is 4.51. The molecule has 0 saturated heterocycles. The van der Waals surface area contributed by atoms with Gasteiger partial charge in [0, 0.05) is 17.2 Å². The summed E-state index contributed by atoms with van der Waals surface area (Å²) in [7, 11) is 0. The molecule has 0 aromatic heterocycles. The fourth-order valence-electron chi connectivity index (χ4n) is 3.90. The van der Waals surface area contributed by atoms with Crippen LogP contribution in [0.25, 0.3) is 0 Å². The minimum atomic E-state index is 0.268. The molecule has 0 aliphatic heterocycles. The number of ether oxygens (including phenoxy) is 1. The maximum Gasteiger partial charge on any atom is 0.123 e. The monoisotopic (exact) mass is 292 g/mol. The molecule has 2 saturated carbocycles. The second-order valence-electron chi connectivity index (χ2n) is 6.60. The van der Waals surface area contributed by atoms with E-state index in [2.05, 4.69) is 38.1 Å². The molecule has 3 unspecified atom stereocenters. The Morgan fingerprint density at radius 1 is 1.30 bits per heavy atom. The SMILES string of the molecule is CCC(C)c1ccccc1OC1CC(Cl)C12CCCC2. The Balaban J connectivity index is 1.79. The van der Waals surface area contributed by atoms with Crippen molar-refractivity contribution in [3.8, 4) is 5.75 Å². The highest BCUT2D eigenvalue weighted by molar-refractivity contribution is 6.21. The lowest BCUT2D eigenvalue weighted by atomic mass is 9.64. The Morgan fingerprint density at radius 3 is 2.65 bits per heavy atom. The summed E-state index contributed by atoms with van der Waals surface area (Å²) in [6.07, 6.45) is 7.61. The van der Waals surface area contributed by atoms with Crippen LogP contribution in [-0.4, -0.2) is 11.5 Å². The predicted molar refractivity (Wildman–Crippen MR) is 84.7 cm³/mol. The summed E-state index contributed by atoms with van der Waals surface area (Å²) in [5.41, 5.74) is 1.62. The standard InChI is InChI=1S/C18H25ClO/c1-3-13(2)14-8-4-5-9-15(14)20-17-12-16(19)18(17)10-6-7-11-18/h4-5,8-9,13,16-17H,3,6-7,10-12H2,1-2H3. The molecule has 0 N–H and O–H groups in total. The van der Waals surface area contributed by atoms with Crippen LogP contribution in [0.2, 0.25) is 0 Å². The Kier molecular flexibility index (Phi) is 3.99. The van der Waals surface area contributed by atoms with Crippen molar-refractivity contribution in [3.05, 3.63) is 29.8 Å². The van der Waals surface area contributed by atoms with Crippen molar-refractivity contribution in [2.75, 3.05) is 0 Å². The fraction of sp³-hybridized carbons (Fsp3) is 0.667. The normalized spacial score (nSPS) is 29.1. The van der Waals surface area contributed by atoms with Gasteiger partial charge in [-0.15, -0.1) is 11.6 Å². The van der Waals surface area contributed by atoms with Crippen LogP contribution in [0.5, 0.6) is 5.75 Å². The van der Waals surface area contributed by atoms with Crippen molar-refractivity contribution in [1.29, 1.82) is 0 Å². The zero-order valence-electron chi connectivity index (χ0n) is 12.6. The molecule has 2 fully saturated rings. The molecule has 110 valence electrons. The molecule has 0 radical (unpaired) electrons. The Labute approximate surface area is 127 Å². The molecule has 20 heavy (non-hydrogen) atoms. The summed E-state index contributed by atoms with van der Waals surface area (Å²) in [4.78, 5) is 0. The van der Waals surface area contributed by atoms with Gasteiger partial charge in [0.1, 0.15) is 11.9 Å². The van der Waals surface area contributed by atoms with Gasteiger partial charge in [-0.1, -0.05) is 44.9 Å². The third-order valence-corrected chi connectivity index (χ3v) is 6.16. The maximum atomic E-state index is 6.52. The number of hydrogen-bond acceptors (Lipinski definition) is 1. The van der Waals surface area contributed by atoms with Gasteiger partial charge in [-0.2, -0.15) is 0 Å². The highest BCUT2D eigenvalue weighted by atomic mass is 35.5. The maximum absolute atomic E-state index is 6.52. The van der Waals surface area contributed by atoms with Crippen molar-refractivity contribution in [1.82, 2.24) is 0 Å². The second-order valence-corrected chi connectivity index (χ2v) is 7.12. The molecule has 2 aliphatic rings. The van der Waals surface area contributed by atoms with Crippen LogP contribution in [0.1, 0.15) is 63.9 Å². The average Bonchev–Trinajstić information content (AvgIpc) is 2.99. The molecule has 3 rings (SSSR count). The van der Waals surface area contributed by atoms with Gasteiger partial charge in [0.05, 0.1) is 0 Å². The molecule has 0 heterocycles. The summed E-state index contributed by atoms with van der Waals surface area (Å²) >= 11 is 6.52. The van der Waals surface area contributed by atoms with E-state index in [0.717, 1.165) is 18.6 Å². The molecular weight excluding hydrogens is 268 g/mol. The lowest BCUT2D eigenvalue weighted by Crippen LogP contribution is -2.55. The summed E-state index contributed by atoms with van der Waals surface area (Å²) in [6, 6.07) is 8.54. The zero-order valence-corrected chi connectivity index (χ0v) is 13.3. The Morgan fingerprint density at radius 2 is 2.00 bits per heavy atom. The van der Waals surface area contributed by atoms with Gasteiger partial charge < -0.3 is 4.74 Å². The van der Waals surface area contributed by atoms with Crippen LogP contribution in [0.3, 0.4) is 0 Å². The predicted octanol–water partition coefficient (Wildman–Crippen LogP) is 5.52. The van der Waals surface area contributed by atoms with E-state index in [1.165, 1.54) is 31.2 Å². The minimum Gasteiger partial charge on any atom is -0.489 e. The van der Waals surface area contributed by atoms with E-state index >= 15 is 0 Å². The van der Waals surface area contributed by atoms with Crippen molar-refractivity contribution in [2.24, 2.45) is 5.41 Å². The molecule has 1 spiro atoms. The van der Waals surface area contributed by atoms with Gasteiger partial charge in [-0.05, 0) is 36.8 Å². The molecule has 1 aromatic rings. The third-order valence-electron chi connectivity index (χ3n) is 5.55. The number of hydrogen-bond donors (Lipinski definition) is 0. The molecule has 3 atom stereocenters. The van der Waals surface area contributed by atoms with Crippen LogP contribution in [-0.2, 0) is 0 Å². The van der Waals surface area contributed by atoms with E-state index in [1.54, 1.807) is 0 Å². The van der Waals surface area contributed by atoms with E-state index < -0.39 is 0 Å². The van der Waals surface area contributed by atoms with Crippen molar-refractivity contribution >= 4 is 11.6 Å². The molecule has 1 nitrogen and oxygen atoms in total. The quantitative estimate of drug-likeness (QED) is 0.664. The van der Waals surface area contributed by atoms with Gasteiger partial charge in [0.25, 0.3) is 0 Å². The topological polar surface area (TPSA) is 9.23 Å². The molecule has 0 amide bonds. The van der Waals surface area contributed by atoms with E-state index in [0.29, 0.717) is 17.4 Å². The number of para-hydroxylation sites is 1. The van der Waals surface area contributed by atoms with Gasteiger partial charge >= 0.3 is 0 Å². The van der Waals surface area contributed by atoms with E-state index in [9.17, 15) is 0 Å². The second kappa shape index (κ2) is 5.60. The van der Waals surface area contributed by atoms with Crippen molar-refractivity contribution < 1.29 is 4.74 Å². The number of halogens is 1. The van der Waals surface area contributed by atoms with Gasteiger partial charge in [-0.25, -0.2) is 0 Å². The molecule has 1 aromatic carbocycles. The number of benzene rings is 1. The number of rotatable bonds is 4. The largest absolute Gasteiger partial charge is 0.489 e. The lowest BCUT2D eigenvalue weighted by molar-refractivity contribution is -0.0361. The fourth-order valence-corrected chi connectivity index (χ4v) is 4.42. The van der Waals surface area contributed by atoms with Gasteiger partial charge in [0.15, 0.2) is 0 Å². The Bertz CT molecular complexity index is 464. The summed E-state index contributed by atoms with van der Waals surface area (Å²) in [5, 5.41) is 0.325. The van der Waals surface area contributed by atoms with E-state index in [4.69, 9.17) is 16.3 Å². The first-order valence-electron chi connectivity index (χ1n) is 8.07. The van der Waals surface area contributed by atoms with E-state index in [-0.39, 0.29) is 5.41 Å². The smallest absolute Gasteiger partial charge is 0.123 e. The minimum absolute atomic E-state index is 0.268. The van der Waals surface area contributed by atoms with Crippen molar-refractivity contribution in [2.45, 2.75) is 69.8 Å². The number of alkyl halides is 1. The van der Waals surface area contributed by atoms with Crippen LogP contribution in [0.4, 0.5) is 0 Å². The Hall–Kier alpha value is -0.690. The first kappa shape index (κ1) is 14.3. The van der Waals surface area contributed by atoms with Gasteiger partial charge in [0.2, 0.25) is 0 Å².